The first-order chi connectivity index (χ1) is 11.5. The third-order valence-electron chi connectivity index (χ3n) is 2.53. The van der Waals surface area contributed by atoms with Crippen LogP contribution in [0.25, 0.3) is 5.57 Å². The predicted molar refractivity (Wildman–Crippen MR) is 74.4 cm³/mol. The van der Waals surface area contributed by atoms with Gasteiger partial charge in [0.25, 0.3) is 0 Å². The van der Waals surface area contributed by atoms with Crippen molar-refractivity contribution >= 4 is 23.5 Å². The van der Waals surface area contributed by atoms with Crippen LogP contribution in [0.3, 0.4) is 0 Å². The first-order valence-electron chi connectivity index (χ1n) is 7.77. The van der Waals surface area contributed by atoms with Crippen molar-refractivity contribution in [1.82, 2.24) is 0 Å². The third kappa shape index (κ3) is 3.62. The van der Waals surface area contributed by atoms with Gasteiger partial charge in [0, 0.05) is 20.9 Å². The fraction of sp³-hybridized carbons (Fsp3) is 0.133. The fourth-order valence-corrected chi connectivity index (χ4v) is 1.58. The molecule has 1 aromatic rings. The first kappa shape index (κ1) is 10.0. The van der Waals surface area contributed by atoms with Crippen LogP contribution in [0.15, 0.2) is 46.8 Å². The Bertz CT molecular complexity index is 861. The van der Waals surface area contributed by atoms with Crippen molar-refractivity contribution in [3.63, 3.8) is 0 Å². The molecule has 5 nitrogen and oxygen atoms in total. The summed E-state index contributed by atoms with van der Waals surface area (Å²) in [6, 6.07) is 4.13. The molecule has 21 heavy (non-hydrogen) atoms. The minimum absolute atomic E-state index is 0.0755. The molecule has 1 aromatic carbocycles. The van der Waals surface area contributed by atoms with Gasteiger partial charge in [-0.15, -0.1) is 0 Å². The second-order valence-corrected chi connectivity index (χ2v) is 4.02. The molecular weight excluding hydrogens is 277 g/mol. The number of aliphatic hydroxyl groups excluding tert-OH is 1. The number of hydrogen-bond donors (Lipinski definition) is 2. The van der Waals surface area contributed by atoms with Gasteiger partial charge >= 0.3 is 5.97 Å². The van der Waals surface area contributed by atoms with Gasteiger partial charge in [0.2, 0.25) is 5.78 Å². The summed E-state index contributed by atoms with van der Waals surface area (Å²) >= 11 is 0. The fourth-order valence-electron chi connectivity index (χ4n) is 1.58. The summed E-state index contributed by atoms with van der Waals surface area (Å²) in [7, 11) is 0. The quantitative estimate of drug-likeness (QED) is 0.659. The number of rotatable bonds is 4. The summed E-state index contributed by atoms with van der Waals surface area (Å²) in [6.45, 7) is 0. The van der Waals surface area contributed by atoms with Gasteiger partial charge in [-0.1, -0.05) is 12.1 Å². The molecular formula is C15H12FNO4. The van der Waals surface area contributed by atoms with Crippen LogP contribution in [0, 0.1) is 5.82 Å². The van der Waals surface area contributed by atoms with Gasteiger partial charge in [-0.2, -0.15) is 0 Å². The topological polar surface area (TPSA) is 87.0 Å². The minimum Gasteiger partial charge on any atom is -0.510 e. The molecule has 0 aromatic heterocycles. The molecule has 2 N–H and O–H groups in total. The van der Waals surface area contributed by atoms with Crippen LogP contribution in [0.5, 0.6) is 0 Å². The van der Waals surface area contributed by atoms with E-state index < -0.39 is 54.1 Å². The molecule has 0 unspecified atom stereocenters. The van der Waals surface area contributed by atoms with Crippen LogP contribution in [0.2, 0.25) is 0 Å². The highest BCUT2D eigenvalue weighted by molar-refractivity contribution is 6.23. The molecule has 1 aliphatic rings. The third-order valence-corrected chi connectivity index (χ3v) is 2.53. The number of carbonyl (C=O) groups is 2. The number of nitrogens with zero attached hydrogens (tertiary/aromatic N) is 1. The molecule has 6 heteroatoms. The zero-order valence-corrected chi connectivity index (χ0v) is 10.6. The van der Waals surface area contributed by atoms with E-state index in [1.165, 1.54) is 12.1 Å². The monoisotopic (exact) mass is 293 g/mol. The Morgan fingerprint density at radius 3 is 2.86 bits per heavy atom. The number of aliphatic imine (C=N–C) groups is 1. The first-order valence-corrected chi connectivity index (χ1v) is 5.77. The van der Waals surface area contributed by atoms with Crippen molar-refractivity contribution in [3.05, 3.63) is 53.2 Å². The number of carbonyl (C=O) groups excluding carboxylic acids is 1. The highest BCUT2D eigenvalue weighted by atomic mass is 19.1. The number of ketones is 1. The van der Waals surface area contributed by atoms with Gasteiger partial charge in [0.05, 0.1) is 9.11 Å². The maximum atomic E-state index is 13.3. The van der Waals surface area contributed by atoms with Crippen LogP contribution in [0.4, 0.5) is 4.39 Å². The van der Waals surface area contributed by atoms with E-state index in [0.717, 1.165) is 12.1 Å². The molecule has 0 saturated heterocycles. The smallest absolute Gasteiger partial charge is 0.303 e. The highest BCUT2D eigenvalue weighted by Gasteiger charge is 2.18. The van der Waals surface area contributed by atoms with Gasteiger partial charge in [-0.25, -0.2) is 9.38 Å². The van der Waals surface area contributed by atoms with Crippen molar-refractivity contribution in [1.29, 1.82) is 0 Å². The Balaban J connectivity index is 2.49. The van der Waals surface area contributed by atoms with Crippen molar-refractivity contribution < 1.29 is 29.7 Å². The van der Waals surface area contributed by atoms with E-state index in [9.17, 15) is 19.1 Å². The van der Waals surface area contributed by atoms with Gasteiger partial charge in [-0.3, -0.25) is 9.59 Å². The number of carboxylic acid groups (broad SMARTS) is 1. The number of allylic oxidation sites excluding steroid dienone is 3. The summed E-state index contributed by atoms with van der Waals surface area (Å²) in [5.74, 6) is -4.59. The molecule has 1 aliphatic heterocycles. The van der Waals surface area contributed by atoms with Crippen LogP contribution >= 0.6 is 0 Å². The Morgan fingerprint density at radius 1 is 1.43 bits per heavy atom. The molecule has 2 rings (SSSR count). The van der Waals surface area contributed by atoms with Gasteiger partial charge in [0.15, 0.2) is 0 Å². The average Bonchev–Trinajstić information content (AvgIpc) is 2.50. The molecule has 0 fully saturated rings. The lowest BCUT2D eigenvalue weighted by Gasteiger charge is -2.10. The van der Waals surface area contributed by atoms with E-state index >= 15 is 0 Å². The predicted octanol–water partition coefficient (Wildman–Crippen LogP) is 2.50. The number of halogens is 1. The summed E-state index contributed by atoms with van der Waals surface area (Å²) < 4.78 is 43.5. The molecule has 108 valence electrons. The van der Waals surface area contributed by atoms with Crippen molar-refractivity contribution in [2.45, 2.75) is 12.8 Å². The lowest BCUT2D eigenvalue weighted by Crippen LogP contribution is -2.09. The Morgan fingerprint density at radius 2 is 2.19 bits per heavy atom. The molecule has 0 amide bonds. The molecule has 1 heterocycles. The van der Waals surface area contributed by atoms with E-state index in [0.29, 0.717) is 0 Å². The lowest BCUT2D eigenvalue weighted by atomic mass is 10.0. The summed E-state index contributed by atoms with van der Waals surface area (Å²) in [5.41, 5.74) is -0.950. The van der Waals surface area contributed by atoms with Crippen LogP contribution in [-0.2, 0) is 9.59 Å². The summed E-state index contributed by atoms with van der Waals surface area (Å²) in [4.78, 5) is 26.5. The number of carboxylic acids is 1. The normalized spacial score (nSPS) is 21.0. The summed E-state index contributed by atoms with van der Waals surface area (Å²) in [5, 5.41) is 18.6. The molecule has 0 spiro atoms. The van der Waals surface area contributed by atoms with E-state index in [2.05, 4.69) is 4.99 Å². The maximum absolute atomic E-state index is 13.3. The molecule has 0 atom stereocenters. The van der Waals surface area contributed by atoms with Gasteiger partial charge < -0.3 is 10.2 Å². The maximum Gasteiger partial charge on any atom is 0.303 e. The molecule has 0 radical (unpaired) electrons. The molecule has 0 aliphatic carbocycles. The number of aliphatic carboxylic acids is 1. The largest absolute Gasteiger partial charge is 0.510 e. The second kappa shape index (κ2) is 6.13. The molecule has 0 saturated carbocycles. The van der Waals surface area contributed by atoms with Crippen LogP contribution in [0.1, 0.15) is 23.8 Å². The van der Waals surface area contributed by atoms with E-state index in [1.54, 1.807) is 0 Å². The van der Waals surface area contributed by atoms with Crippen LogP contribution in [-0.4, -0.2) is 28.2 Å². The van der Waals surface area contributed by atoms with Gasteiger partial charge in [0.1, 0.15) is 17.3 Å². The Kier molecular flexibility index (Phi) is 2.93. The van der Waals surface area contributed by atoms with Crippen LogP contribution < -0.4 is 0 Å². The zero-order valence-electron chi connectivity index (χ0n) is 14.6. The lowest BCUT2D eigenvalue weighted by molar-refractivity contribution is -0.137. The Labute approximate surface area is 125 Å². The number of dihydropyridines is 1. The van der Waals surface area contributed by atoms with Crippen molar-refractivity contribution in [2.75, 3.05) is 0 Å². The van der Waals surface area contributed by atoms with Gasteiger partial charge in [-0.05, 0) is 23.7 Å². The van der Waals surface area contributed by atoms with Crippen molar-refractivity contribution in [3.8, 4) is 0 Å². The molecule has 0 bridgehead atoms. The van der Waals surface area contributed by atoms with E-state index in [-0.39, 0.29) is 11.1 Å². The Hall–Kier alpha value is -2.76. The van der Waals surface area contributed by atoms with E-state index in [1.807, 2.05) is 0 Å². The SMILES string of the molecule is [2H]C1=NC(=C(O)CC([2H])([2H])C(=O)O)C(=O)C([2H])=C1c1cccc(F)c1. The zero-order chi connectivity index (χ0) is 18.9. The highest BCUT2D eigenvalue weighted by Crippen LogP contribution is 2.21. The van der Waals surface area contributed by atoms with E-state index in [4.69, 9.17) is 10.6 Å². The average molecular weight is 293 g/mol. The second-order valence-electron chi connectivity index (χ2n) is 4.02. The summed E-state index contributed by atoms with van der Waals surface area (Å²) in [6.07, 6.45) is -4.51. The van der Waals surface area contributed by atoms with Crippen molar-refractivity contribution in [2.24, 2.45) is 4.99 Å². The standard InChI is InChI=1S/C15H12FNO4/c16-11-3-1-2-9(6-11)10-7-13(19)15(17-8-10)12(18)4-5-14(20)21/h1-3,6-8,18H,4-5H2,(H,20,21)/i5D2,7D,8D. The number of benzene rings is 1. The number of hydrogen-bond acceptors (Lipinski definition) is 4. The number of aliphatic hydroxyl groups is 1. The minimum atomic E-state index is -2.86.